The normalized spacial score (nSPS) is 23.7. The van der Waals surface area contributed by atoms with Gasteiger partial charge in [0, 0.05) is 38.2 Å². The van der Waals surface area contributed by atoms with Gasteiger partial charge in [-0.1, -0.05) is 54.6 Å². The Balaban J connectivity index is 1.29. The fourth-order valence-corrected chi connectivity index (χ4v) is 6.22. The number of carbonyl (C=O) groups is 3. The lowest BCUT2D eigenvalue weighted by Gasteiger charge is -2.32. The Morgan fingerprint density at radius 2 is 1.71 bits per heavy atom. The average molecular weight is 556 g/mol. The summed E-state index contributed by atoms with van der Waals surface area (Å²) in [7, 11) is 0. The van der Waals surface area contributed by atoms with E-state index in [0.717, 1.165) is 12.0 Å². The Labute approximate surface area is 240 Å². The predicted octanol–water partition coefficient (Wildman–Crippen LogP) is 2.45. The Hall–Kier alpha value is -4.05. The first-order chi connectivity index (χ1) is 20.0. The van der Waals surface area contributed by atoms with E-state index in [4.69, 9.17) is 10.1 Å². The van der Waals surface area contributed by atoms with E-state index < -0.39 is 12.1 Å². The first-order valence-electron chi connectivity index (χ1n) is 14.7. The van der Waals surface area contributed by atoms with Crippen LogP contribution in [0.5, 0.6) is 0 Å². The summed E-state index contributed by atoms with van der Waals surface area (Å²) in [6.45, 7) is 4.43. The van der Waals surface area contributed by atoms with Crippen LogP contribution < -0.4 is 10.6 Å². The molecule has 214 valence electrons. The molecule has 0 bridgehead atoms. The van der Waals surface area contributed by atoms with E-state index in [-0.39, 0.29) is 23.8 Å². The van der Waals surface area contributed by atoms with Crippen molar-refractivity contribution >= 4 is 17.7 Å². The van der Waals surface area contributed by atoms with Crippen LogP contribution in [0.4, 0.5) is 0 Å². The lowest BCUT2D eigenvalue weighted by Crippen LogP contribution is -2.51. The van der Waals surface area contributed by atoms with E-state index in [9.17, 15) is 14.4 Å². The third-order valence-corrected chi connectivity index (χ3v) is 8.45. The summed E-state index contributed by atoms with van der Waals surface area (Å²) in [5, 5.41) is 11.3. The topological polar surface area (TPSA) is 112 Å². The van der Waals surface area contributed by atoms with E-state index in [0.29, 0.717) is 70.1 Å². The van der Waals surface area contributed by atoms with Crippen LogP contribution in [0.15, 0.2) is 54.6 Å². The standard InChI is InChI=1S/C31H37N7O3/c1-21-29-34-28(22-9-3-2-4-10-22)35-38(29)18-17-36(31(41)25-19-23-11-5-6-12-24(23)20-32-25)15-8-14-27(39)37-16-7-13-26(37)30(40)33-21/h2-6,9-12,21,25-26,32H,7-8,13-20H2,1H3,(H,33,40)/t21-,25+,26-/m0/s1. The molecule has 3 aliphatic rings. The summed E-state index contributed by atoms with van der Waals surface area (Å²) in [5.41, 5.74) is 3.30. The van der Waals surface area contributed by atoms with Crippen molar-refractivity contribution in [2.45, 2.75) is 70.2 Å². The molecule has 0 unspecified atom stereocenters. The van der Waals surface area contributed by atoms with Crippen LogP contribution >= 0.6 is 0 Å². The van der Waals surface area contributed by atoms with Crippen molar-refractivity contribution in [3.8, 4) is 11.4 Å². The molecule has 1 saturated heterocycles. The molecule has 2 aromatic carbocycles. The molecule has 4 heterocycles. The quantitative estimate of drug-likeness (QED) is 0.503. The number of hydrogen-bond donors (Lipinski definition) is 2. The number of rotatable bonds is 2. The van der Waals surface area contributed by atoms with Crippen molar-refractivity contribution in [1.82, 2.24) is 35.2 Å². The Kier molecular flexibility index (Phi) is 7.82. The number of amides is 3. The fraction of sp³-hybridized carbons (Fsp3) is 0.452. The molecular formula is C31H37N7O3. The maximum absolute atomic E-state index is 13.9. The SMILES string of the molecule is C[C@@H]1NC(=O)[C@@H]2CCCN2C(=O)CCCN(C(=O)[C@H]2Cc3ccccc3CN2)CCn2nc(-c3ccccc3)nc21. The summed E-state index contributed by atoms with van der Waals surface area (Å²) < 4.78 is 1.82. The van der Waals surface area contributed by atoms with Crippen LogP contribution in [0.25, 0.3) is 11.4 Å². The third-order valence-electron chi connectivity index (χ3n) is 8.45. The lowest BCUT2D eigenvalue weighted by atomic mass is 9.95. The summed E-state index contributed by atoms with van der Waals surface area (Å²) in [5.74, 6) is 1.05. The van der Waals surface area contributed by atoms with Gasteiger partial charge in [0.05, 0.1) is 18.6 Å². The van der Waals surface area contributed by atoms with E-state index in [2.05, 4.69) is 22.8 Å². The lowest BCUT2D eigenvalue weighted by molar-refractivity contribution is -0.139. The largest absolute Gasteiger partial charge is 0.345 e. The number of nitrogens with zero attached hydrogens (tertiary/aromatic N) is 5. The van der Waals surface area contributed by atoms with Gasteiger partial charge in [-0.15, -0.1) is 0 Å². The minimum Gasteiger partial charge on any atom is -0.345 e. The van der Waals surface area contributed by atoms with E-state index in [1.807, 2.05) is 59.0 Å². The maximum atomic E-state index is 13.9. The molecule has 3 amide bonds. The van der Waals surface area contributed by atoms with Gasteiger partial charge >= 0.3 is 0 Å². The van der Waals surface area contributed by atoms with E-state index >= 15 is 0 Å². The van der Waals surface area contributed by atoms with Crippen molar-refractivity contribution in [3.05, 3.63) is 71.5 Å². The van der Waals surface area contributed by atoms with Gasteiger partial charge in [0.1, 0.15) is 11.9 Å². The summed E-state index contributed by atoms with van der Waals surface area (Å²) in [6, 6.07) is 16.7. The van der Waals surface area contributed by atoms with Gasteiger partial charge in [-0.25, -0.2) is 9.67 Å². The second-order valence-electron chi connectivity index (χ2n) is 11.2. The summed E-state index contributed by atoms with van der Waals surface area (Å²) in [6.07, 6.45) is 2.92. The number of hydrogen-bond acceptors (Lipinski definition) is 6. The number of aromatic nitrogens is 3. The van der Waals surface area contributed by atoms with Crippen molar-refractivity contribution < 1.29 is 14.4 Å². The van der Waals surface area contributed by atoms with Crippen LogP contribution in [0, 0.1) is 0 Å². The van der Waals surface area contributed by atoms with Crippen molar-refractivity contribution in [2.24, 2.45) is 0 Å². The monoisotopic (exact) mass is 555 g/mol. The molecule has 2 N–H and O–H groups in total. The Morgan fingerprint density at radius 3 is 2.54 bits per heavy atom. The third kappa shape index (κ3) is 5.74. The molecule has 0 aliphatic carbocycles. The van der Waals surface area contributed by atoms with Crippen LogP contribution in [-0.4, -0.2) is 74.0 Å². The zero-order valence-electron chi connectivity index (χ0n) is 23.5. The highest BCUT2D eigenvalue weighted by Crippen LogP contribution is 2.24. The molecule has 1 fully saturated rings. The first-order valence-corrected chi connectivity index (χ1v) is 14.7. The van der Waals surface area contributed by atoms with Crippen LogP contribution in [0.2, 0.25) is 0 Å². The minimum absolute atomic E-state index is 0.0287. The van der Waals surface area contributed by atoms with Crippen molar-refractivity contribution in [2.75, 3.05) is 19.6 Å². The van der Waals surface area contributed by atoms with Gasteiger partial charge < -0.3 is 20.4 Å². The predicted molar refractivity (Wildman–Crippen MR) is 153 cm³/mol. The summed E-state index contributed by atoms with van der Waals surface area (Å²) >= 11 is 0. The molecule has 0 saturated carbocycles. The molecule has 41 heavy (non-hydrogen) atoms. The van der Waals surface area contributed by atoms with Gasteiger partial charge in [0.2, 0.25) is 17.7 Å². The minimum atomic E-state index is -0.484. The molecule has 10 heteroatoms. The van der Waals surface area contributed by atoms with Gasteiger partial charge in [-0.2, -0.15) is 5.10 Å². The zero-order chi connectivity index (χ0) is 28.3. The molecule has 3 atom stereocenters. The second kappa shape index (κ2) is 11.8. The van der Waals surface area contributed by atoms with Crippen LogP contribution in [0.3, 0.4) is 0 Å². The Morgan fingerprint density at radius 1 is 0.927 bits per heavy atom. The zero-order valence-corrected chi connectivity index (χ0v) is 23.5. The highest BCUT2D eigenvalue weighted by molar-refractivity contribution is 5.88. The number of carbonyl (C=O) groups excluding carboxylic acids is 3. The first kappa shape index (κ1) is 27.1. The number of benzene rings is 2. The highest BCUT2D eigenvalue weighted by Gasteiger charge is 2.35. The number of nitrogens with one attached hydrogen (secondary N) is 2. The van der Waals surface area contributed by atoms with Crippen molar-refractivity contribution in [1.29, 1.82) is 0 Å². The molecule has 10 nitrogen and oxygen atoms in total. The molecular weight excluding hydrogens is 518 g/mol. The van der Waals surface area contributed by atoms with Gasteiger partial charge in [0.25, 0.3) is 0 Å². The fourth-order valence-electron chi connectivity index (χ4n) is 6.22. The van der Waals surface area contributed by atoms with E-state index in [1.54, 1.807) is 4.90 Å². The summed E-state index contributed by atoms with van der Waals surface area (Å²) in [4.78, 5) is 48.7. The van der Waals surface area contributed by atoms with Crippen molar-refractivity contribution in [3.63, 3.8) is 0 Å². The molecule has 1 aromatic heterocycles. The van der Waals surface area contributed by atoms with Crippen LogP contribution in [-0.2, 0) is 33.9 Å². The highest BCUT2D eigenvalue weighted by atomic mass is 16.2. The molecule has 0 spiro atoms. The second-order valence-corrected chi connectivity index (χ2v) is 11.2. The molecule has 3 aromatic rings. The van der Waals surface area contributed by atoms with E-state index in [1.165, 1.54) is 11.1 Å². The average Bonchev–Trinajstić information content (AvgIpc) is 3.66. The molecule has 6 rings (SSSR count). The van der Waals surface area contributed by atoms with Gasteiger partial charge in [-0.05, 0) is 43.7 Å². The number of fused-ring (bicyclic) bond motifs is 3. The Bertz CT molecular complexity index is 1420. The van der Waals surface area contributed by atoms with Gasteiger partial charge in [0.15, 0.2) is 5.82 Å². The smallest absolute Gasteiger partial charge is 0.243 e. The molecule has 3 aliphatic heterocycles. The van der Waals surface area contributed by atoms with Gasteiger partial charge in [-0.3, -0.25) is 14.4 Å². The molecule has 0 radical (unpaired) electrons. The van der Waals surface area contributed by atoms with Crippen LogP contribution in [0.1, 0.15) is 55.6 Å². The maximum Gasteiger partial charge on any atom is 0.243 e.